The summed E-state index contributed by atoms with van der Waals surface area (Å²) in [4.78, 5) is -0.160. The molecule has 1 fully saturated rings. The minimum atomic E-state index is -4.63. The highest BCUT2D eigenvalue weighted by atomic mass is 32.2. The van der Waals surface area contributed by atoms with E-state index in [-0.39, 0.29) is 4.90 Å². The smallest absolute Gasteiger partial charge is 0.342 e. The number of alkyl halides is 3. The Morgan fingerprint density at radius 2 is 1.69 bits per heavy atom. The first-order valence-electron chi connectivity index (χ1n) is 4.34. The summed E-state index contributed by atoms with van der Waals surface area (Å²) in [6.45, 7) is 0. The summed E-state index contributed by atoms with van der Waals surface area (Å²) < 4.78 is 63.9. The lowest BCUT2D eigenvalue weighted by Crippen LogP contribution is -2.22. The molecule has 1 aliphatic rings. The third-order valence-electron chi connectivity index (χ3n) is 2.15. The molecule has 0 spiro atoms. The van der Waals surface area contributed by atoms with E-state index in [4.69, 9.17) is 0 Å². The number of hydrogen-bond acceptors (Lipinski definition) is 3. The topological polar surface area (TPSA) is 46.7 Å². The molecule has 3 nitrogen and oxygen atoms in total. The largest absolute Gasteiger partial charge is 0.418 e. The second kappa shape index (κ2) is 3.46. The zero-order valence-electron chi connectivity index (χ0n) is 7.81. The Hall–Kier alpha value is -1.08. The maximum absolute atomic E-state index is 12.1. The van der Waals surface area contributed by atoms with Gasteiger partial charge in [0.05, 0.1) is 4.90 Å². The number of rotatable bonds is 2. The van der Waals surface area contributed by atoms with Crippen molar-refractivity contribution in [1.29, 1.82) is 0 Å². The normalized spacial score (nSPS) is 25.4. The monoisotopic (exact) mass is 252 g/mol. The van der Waals surface area contributed by atoms with Gasteiger partial charge in [-0.05, 0) is 12.1 Å². The maximum atomic E-state index is 12.1. The lowest BCUT2D eigenvalue weighted by atomic mass is 10.4. The van der Waals surface area contributed by atoms with Gasteiger partial charge in [-0.25, -0.2) is 8.42 Å². The molecule has 1 aromatic carbocycles. The molecular weight excluding hydrogens is 245 g/mol. The number of halogens is 3. The van der Waals surface area contributed by atoms with E-state index in [1.807, 2.05) is 0 Å². The SMILES string of the molecule is O=S(=O)(c1ccccc1)C1OC1C(F)(F)F. The summed E-state index contributed by atoms with van der Waals surface area (Å²) >= 11 is 0. The molecule has 0 amide bonds. The van der Waals surface area contributed by atoms with Gasteiger partial charge in [0.15, 0.2) is 11.5 Å². The molecule has 7 heteroatoms. The molecule has 0 aromatic heterocycles. The van der Waals surface area contributed by atoms with E-state index >= 15 is 0 Å². The lowest BCUT2D eigenvalue weighted by Gasteiger charge is -2.02. The van der Waals surface area contributed by atoms with E-state index in [1.54, 1.807) is 6.07 Å². The standard InChI is InChI=1S/C9H7F3O3S/c10-9(11,12)7-8(15-7)16(13,14)6-4-2-1-3-5-6/h1-5,7-8H. The van der Waals surface area contributed by atoms with Gasteiger partial charge in [0, 0.05) is 0 Å². The van der Waals surface area contributed by atoms with Crippen molar-refractivity contribution in [2.75, 3.05) is 0 Å². The highest BCUT2D eigenvalue weighted by Gasteiger charge is 2.64. The predicted octanol–water partition coefficient (Wildman–Crippen LogP) is 1.75. The second-order valence-electron chi connectivity index (χ2n) is 3.32. The van der Waals surface area contributed by atoms with Gasteiger partial charge in [0.1, 0.15) is 0 Å². The van der Waals surface area contributed by atoms with Crippen molar-refractivity contribution in [3.63, 3.8) is 0 Å². The van der Waals surface area contributed by atoms with Crippen LogP contribution in [0.15, 0.2) is 35.2 Å². The summed E-state index contributed by atoms with van der Waals surface area (Å²) in [6.07, 6.45) is -6.83. The van der Waals surface area contributed by atoms with Crippen LogP contribution in [0.1, 0.15) is 0 Å². The van der Waals surface area contributed by atoms with Crippen LogP contribution in [0.5, 0.6) is 0 Å². The van der Waals surface area contributed by atoms with Gasteiger partial charge in [-0.2, -0.15) is 13.2 Å². The van der Waals surface area contributed by atoms with E-state index in [0.29, 0.717) is 0 Å². The van der Waals surface area contributed by atoms with E-state index in [2.05, 4.69) is 4.74 Å². The summed E-state index contributed by atoms with van der Waals surface area (Å²) in [7, 11) is -4.04. The minimum Gasteiger partial charge on any atom is -0.342 e. The fraction of sp³-hybridized carbons (Fsp3) is 0.333. The van der Waals surface area contributed by atoms with E-state index in [1.165, 1.54) is 24.3 Å². The van der Waals surface area contributed by atoms with Gasteiger partial charge in [0.25, 0.3) is 0 Å². The maximum Gasteiger partial charge on any atom is 0.418 e. The van der Waals surface area contributed by atoms with Crippen molar-refractivity contribution in [2.45, 2.75) is 22.6 Å². The fourth-order valence-electron chi connectivity index (χ4n) is 1.31. The molecule has 0 radical (unpaired) electrons. The van der Waals surface area contributed by atoms with Crippen molar-refractivity contribution in [3.8, 4) is 0 Å². The highest BCUT2D eigenvalue weighted by molar-refractivity contribution is 7.92. The van der Waals surface area contributed by atoms with Crippen molar-refractivity contribution >= 4 is 9.84 Å². The van der Waals surface area contributed by atoms with Gasteiger partial charge >= 0.3 is 6.18 Å². The van der Waals surface area contributed by atoms with Crippen LogP contribution in [0, 0.1) is 0 Å². The first-order valence-corrected chi connectivity index (χ1v) is 5.89. The number of sulfone groups is 1. The van der Waals surface area contributed by atoms with Crippen molar-refractivity contribution in [2.24, 2.45) is 0 Å². The van der Waals surface area contributed by atoms with Crippen LogP contribution in [-0.4, -0.2) is 26.1 Å². The van der Waals surface area contributed by atoms with Gasteiger partial charge in [-0.3, -0.25) is 0 Å². The minimum absolute atomic E-state index is 0.160. The van der Waals surface area contributed by atoms with E-state index in [0.717, 1.165) is 0 Å². The summed E-state index contributed by atoms with van der Waals surface area (Å²) in [5.41, 5.74) is -1.80. The number of ether oxygens (including phenoxy) is 1. The van der Waals surface area contributed by atoms with Crippen LogP contribution >= 0.6 is 0 Å². The average Bonchev–Trinajstić information content (AvgIpc) is 2.98. The fourth-order valence-corrected chi connectivity index (χ4v) is 2.86. The van der Waals surface area contributed by atoms with E-state index < -0.39 is 27.6 Å². The zero-order valence-corrected chi connectivity index (χ0v) is 8.62. The molecule has 0 bridgehead atoms. The van der Waals surface area contributed by atoms with Crippen LogP contribution in [0.25, 0.3) is 0 Å². The van der Waals surface area contributed by atoms with Gasteiger partial charge < -0.3 is 4.74 Å². The molecule has 0 aliphatic carbocycles. The zero-order chi connectivity index (χ0) is 12.0. The molecule has 1 aromatic rings. The molecule has 1 saturated heterocycles. The van der Waals surface area contributed by atoms with Crippen molar-refractivity contribution in [1.82, 2.24) is 0 Å². The Labute approximate surface area is 89.8 Å². The molecular formula is C9H7F3O3S. The molecule has 0 saturated carbocycles. The number of hydrogen-bond donors (Lipinski definition) is 0. The summed E-state index contributed by atoms with van der Waals surface area (Å²) in [5, 5.41) is 0. The van der Waals surface area contributed by atoms with Crippen molar-refractivity contribution < 1.29 is 26.3 Å². The molecule has 1 heterocycles. The Balaban J connectivity index is 2.25. The van der Waals surface area contributed by atoms with Crippen molar-refractivity contribution in [3.05, 3.63) is 30.3 Å². The number of benzene rings is 1. The Morgan fingerprint density at radius 3 is 2.12 bits per heavy atom. The van der Waals surface area contributed by atoms with Crippen LogP contribution in [0.4, 0.5) is 13.2 Å². The highest BCUT2D eigenvalue weighted by Crippen LogP contribution is 2.42. The third-order valence-corrected chi connectivity index (χ3v) is 4.05. The Kier molecular flexibility index (Phi) is 2.47. The van der Waals surface area contributed by atoms with Crippen LogP contribution in [0.3, 0.4) is 0 Å². The molecule has 2 unspecified atom stereocenters. The van der Waals surface area contributed by atoms with E-state index in [9.17, 15) is 21.6 Å². The first-order chi connectivity index (χ1) is 7.33. The summed E-state index contributed by atoms with van der Waals surface area (Å²) in [6, 6.07) is 6.94. The number of epoxide rings is 1. The lowest BCUT2D eigenvalue weighted by molar-refractivity contribution is -0.146. The molecule has 1 aliphatic heterocycles. The average molecular weight is 252 g/mol. The molecule has 16 heavy (non-hydrogen) atoms. The molecule has 2 rings (SSSR count). The Bertz CT molecular complexity index is 480. The van der Waals surface area contributed by atoms with Gasteiger partial charge in [-0.15, -0.1) is 0 Å². The van der Waals surface area contributed by atoms with Crippen LogP contribution in [-0.2, 0) is 14.6 Å². The molecule has 88 valence electrons. The quantitative estimate of drug-likeness (QED) is 0.753. The molecule has 0 N–H and O–H groups in total. The third kappa shape index (κ3) is 1.92. The van der Waals surface area contributed by atoms with Crippen LogP contribution in [0.2, 0.25) is 0 Å². The molecule has 2 atom stereocenters. The van der Waals surface area contributed by atoms with Gasteiger partial charge in [-0.1, -0.05) is 18.2 Å². The predicted molar refractivity (Wildman–Crippen MR) is 48.3 cm³/mol. The first kappa shape index (κ1) is 11.4. The van der Waals surface area contributed by atoms with Gasteiger partial charge in [0.2, 0.25) is 9.84 Å². The second-order valence-corrected chi connectivity index (χ2v) is 5.35. The van der Waals surface area contributed by atoms with Crippen LogP contribution < -0.4 is 0 Å². The Morgan fingerprint density at radius 1 is 1.12 bits per heavy atom. The summed E-state index contributed by atoms with van der Waals surface area (Å²) in [5.74, 6) is 0.